The largest absolute Gasteiger partial charge is 0.493 e. The van der Waals surface area contributed by atoms with Crippen molar-refractivity contribution in [2.75, 3.05) is 13.2 Å². The number of fused-ring (bicyclic) bond motifs is 3. The Labute approximate surface area is 655 Å². The van der Waals surface area contributed by atoms with Crippen LogP contribution in [0.3, 0.4) is 0 Å². The van der Waals surface area contributed by atoms with Crippen molar-refractivity contribution in [2.45, 2.75) is 182 Å². The number of hydrogen-bond donors (Lipinski definition) is 0. The van der Waals surface area contributed by atoms with Gasteiger partial charge in [0, 0.05) is 27.6 Å². The Hall–Kier alpha value is -10.1. The van der Waals surface area contributed by atoms with Gasteiger partial charge in [0.2, 0.25) is 11.8 Å². The molecule has 0 radical (unpaired) electrons. The first-order valence-corrected chi connectivity index (χ1v) is 40.2. The third-order valence-electron chi connectivity index (χ3n) is 21.9. The van der Waals surface area contributed by atoms with Crippen molar-refractivity contribution in [1.82, 2.24) is 19.0 Å². The fraction of sp³-hybridized carbons (Fsp3) is 0.394. The molecule has 0 aliphatic rings. The average molecular weight is 1460 g/mol. The molecule has 0 fully saturated rings. The zero-order valence-corrected chi connectivity index (χ0v) is 68.6. The molecule has 10 nitrogen and oxygen atoms in total. The normalized spacial score (nSPS) is 14.6. The summed E-state index contributed by atoms with van der Waals surface area (Å²) in [5.41, 5.74) is 12.3. The predicted octanol–water partition coefficient (Wildman–Crippen LogP) is 23.6. The number of nitriles is 1. The Morgan fingerprint density at radius 1 is 0.482 bits per heavy atom. The van der Waals surface area contributed by atoms with Crippen LogP contribution in [0.15, 0.2) is 215 Å². The van der Waals surface area contributed by atoms with Crippen LogP contribution >= 0.6 is 0 Å². The quantitative estimate of drug-likeness (QED) is 0.0355. The topological polar surface area (TPSA) is 109 Å². The van der Waals surface area contributed by atoms with Crippen LogP contribution in [0.5, 0.6) is 11.5 Å². The van der Waals surface area contributed by atoms with Crippen molar-refractivity contribution >= 4 is 62.0 Å². The molecule has 0 saturated heterocycles. The maximum Gasteiger partial charge on any atom is 0.327 e. The van der Waals surface area contributed by atoms with Crippen molar-refractivity contribution in [3.8, 4) is 40.1 Å². The van der Waals surface area contributed by atoms with E-state index in [1.165, 1.54) is 0 Å². The number of nitrogens with zero attached hydrogens (tertiary/aromatic N) is 6. The predicted molar refractivity (Wildman–Crippen MR) is 458 cm³/mol. The Morgan fingerprint density at radius 3 is 1.32 bits per heavy atom. The highest BCUT2D eigenvalue weighted by molar-refractivity contribution is 6.84. The van der Waals surface area contributed by atoms with Gasteiger partial charge in [-0.2, -0.15) is 5.26 Å². The van der Waals surface area contributed by atoms with Gasteiger partial charge in [0.25, 0.3) is 5.70 Å². The number of benzene rings is 8. The van der Waals surface area contributed by atoms with E-state index >= 15 is 0 Å². The lowest BCUT2D eigenvalue weighted by molar-refractivity contribution is 0.147. The van der Waals surface area contributed by atoms with E-state index in [0.29, 0.717) is 92.1 Å². The molecular formula is C99H115BN6O4. The summed E-state index contributed by atoms with van der Waals surface area (Å²) < 4.78 is 33.6. The standard InChI is InChI=1S/C99H115BN6O4/c1-65-48-52-84-82(54-65)103-94(109-84)81(62-101)92-87-86(90(105(92)89(71-34-24-20-25-35-71)72-36-26-21-27-37-72)73-38-32-44-79(56-73)107-63-75(69(5)60-98(13,14)15)50-46-67(3)58-96(7,8)9)93(88(102-19)95-104-83-55-66(2)49-53-85(83)110-95)106(100(77-40-28-22-29-41-77)78-42-30-23-31-43-78)91(87)74-39-33-45-80(57-74)108-64-76(70(6)61-99(16,17)18)51-47-68(4)59-97(10,11)12/h20-45,48-49,52-57,67-70,75-76,89H,46-47,50-51,58-61,63-64H2,1-18H3/b92-81-,93-88+. The summed E-state index contributed by atoms with van der Waals surface area (Å²) in [6, 6.07) is 73.5. The molecule has 0 N–H and O–H groups in total. The van der Waals surface area contributed by atoms with Crippen LogP contribution in [-0.4, -0.2) is 39.1 Å². The molecule has 110 heavy (non-hydrogen) atoms. The number of aromatic nitrogens is 4. The lowest BCUT2D eigenvalue weighted by Crippen LogP contribution is -2.53. The summed E-state index contributed by atoms with van der Waals surface area (Å²) in [4.78, 5) is 15.5. The maximum absolute atomic E-state index is 12.8. The molecule has 12 aromatic rings. The van der Waals surface area contributed by atoms with Crippen molar-refractivity contribution in [3.05, 3.63) is 262 Å². The van der Waals surface area contributed by atoms with Crippen LogP contribution in [0.25, 0.3) is 71.6 Å². The molecule has 568 valence electrons. The molecule has 0 bridgehead atoms. The number of rotatable bonds is 28. The molecule has 0 aliphatic heterocycles. The smallest absolute Gasteiger partial charge is 0.327 e. The average Bonchev–Trinajstić information content (AvgIpc) is 1.52. The molecule has 0 aliphatic carbocycles. The first kappa shape index (κ1) is 79.5. The zero-order chi connectivity index (χ0) is 78.4. The van der Waals surface area contributed by atoms with Crippen LogP contribution in [-0.2, 0) is 0 Å². The van der Waals surface area contributed by atoms with E-state index in [9.17, 15) is 11.8 Å². The van der Waals surface area contributed by atoms with Crippen molar-refractivity contribution in [3.63, 3.8) is 0 Å². The number of ether oxygens (including phenoxy) is 2. The Kier molecular flexibility index (Phi) is 24.3. The molecule has 6 unspecified atom stereocenters. The highest BCUT2D eigenvalue weighted by Gasteiger charge is 2.38. The van der Waals surface area contributed by atoms with Crippen LogP contribution < -0.4 is 31.1 Å². The van der Waals surface area contributed by atoms with Gasteiger partial charge in [-0.3, -0.25) is 0 Å². The van der Waals surface area contributed by atoms with E-state index < -0.39 is 12.9 Å². The Bertz CT molecular complexity index is 4940. The third kappa shape index (κ3) is 19.0. The van der Waals surface area contributed by atoms with Gasteiger partial charge in [-0.15, -0.1) is 0 Å². The number of oxazole rings is 2. The van der Waals surface area contributed by atoms with Gasteiger partial charge in [0.15, 0.2) is 11.2 Å². The van der Waals surface area contributed by atoms with E-state index in [2.05, 4.69) is 296 Å². The lowest BCUT2D eigenvalue weighted by Gasteiger charge is -2.31. The third-order valence-corrected chi connectivity index (χ3v) is 21.9. The second-order valence-electron chi connectivity index (χ2n) is 36.8. The van der Waals surface area contributed by atoms with E-state index in [-0.39, 0.29) is 56.5 Å². The molecule has 0 amide bonds. The highest BCUT2D eigenvalue weighted by atomic mass is 16.5. The van der Waals surface area contributed by atoms with Crippen molar-refractivity contribution in [2.24, 2.45) is 57.2 Å². The van der Waals surface area contributed by atoms with Crippen LogP contribution in [0.4, 0.5) is 0 Å². The Balaban J connectivity index is 1.27. The summed E-state index contributed by atoms with van der Waals surface area (Å²) in [5.74, 6) is 4.10. The van der Waals surface area contributed by atoms with Gasteiger partial charge in [-0.05, 0) is 180 Å². The van der Waals surface area contributed by atoms with Gasteiger partial charge >= 0.3 is 6.85 Å². The maximum atomic E-state index is 12.8. The van der Waals surface area contributed by atoms with Crippen LogP contribution in [0.1, 0.15) is 202 Å². The van der Waals surface area contributed by atoms with E-state index in [1.54, 1.807) is 0 Å². The SMILES string of the molecule is [C-]#[N+]/C(c1nc2cc(C)ccc2o1)=c1\c2c(-c3cccc(OCC(CCC(C)CC(C)(C)C)C(C)CC(C)(C)C)c3)n(C(c3ccccc3)c3ccccc3)/c(=C(/C#N)c3nc4cc(C)ccc4o3)c2c(-c2cccc(OCC(CCC(C)CC(C)(C)C)C(C)CC(C)(C)C)c2)n1B(c1ccccc1)c1ccccc1. The number of aryl methyl sites for hydroxylation is 2. The first-order chi connectivity index (χ1) is 52.4. The minimum absolute atomic E-state index is 0.116. The monoisotopic (exact) mass is 1460 g/mol. The zero-order valence-electron chi connectivity index (χ0n) is 68.6. The van der Waals surface area contributed by atoms with Gasteiger partial charge in [-0.1, -0.05) is 292 Å². The minimum atomic E-state index is -0.642. The van der Waals surface area contributed by atoms with Gasteiger partial charge in [0.1, 0.15) is 34.2 Å². The Morgan fingerprint density at radius 2 is 0.891 bits per heavy atom. The molecular weight excluding hydrogens is 1350 g/mol. The van der Waals surface area contributed by atoms with E-state index in [0.717, 1.165) is 107 Å². The minimum Gasteiger partial charge on any atom is -0.493 e. The molecule has 0 saturated carbocycles. The molecule has 6 atom stereocenters. The highest BCUT2D eigenvalue weighted by Crippen LogP contribution is 2.44. The second kappa shape index (κ2) is 33.6. The van der Waals surface area contributed by atoms with E-state index in [4.69, 9.17) is 33.1 Å². The second-order valence-corrected chi connectivity index (χ2v) is 36.8. The summed E-state index contributed by atoms with van der Waals surface area (Å²) in [6.07, 6.45) is 8.67. The summed E-state index contributed by atoms with van der Waals surface area (Å²) in [7, 11) is 0. The molecule has 4 heterocycles. The van der Waals surface area contributed by atoms with Crippen LogP contribution in [0, 0.1) is 88.9 Å². The van der Waals surface area contributed by atoms with Crippen LogP contribution in [0.2, 0.25) is 0 Å². The summed E-state index contributed by atoms with van der Waals surface area (Å²) in [5, 5.41) is 15.3. The lowest BCUT2D eigenvalue weighted by atomic mass is 9.50. The van der Waals surface area contributed by atoms with Gasteiger partial charge in [0.05, 0.1) is 42.2 Å². The fourth-order valence-corrected chi connectivity index (χ4v) is 17.7. The van der Waals surface area contributed by atoms with E-state index in [1.807, 2.05) is 50.2 Å². The summed E-state index contributed by atoms with van der Waals surface area (Å²) >= 11 is 0. The summed E-state index contributed by atoms with van der Waals surface area (Å²) in [6.45, 7) is 52.3. The molecule has 12 rings (SSSR count). The van der Waals surface area contributed by atoms with Gasteiger partial charge < -0.3 is 27.4 Å². The molecule has 11 heteroatoms. The first-order valence-electron chi connectivity index (χ1n) is 40.2. The van der Waals surface area contributed by atoms with Crippen molar-refractivity contribution in [1.29, 1.82) is 5.26 Å². The molecule has 0 spiro atoms. The van der Waals surface area contributed by atoms with Crippen molar-refractivity contribution < 1.29 is 18.3 Å². The number of hydrogen-bond acceptors (Lipinski definition) is 7. The molecule has 8 aromatic carbocycles. The molecule has 4 aromatic heterocycles. The fourth-order valence-electron chi connectivity index (χ4n) is 17.7. The van der Waals surface area contributed by atoms with Gasteiger partial charge in [-0.25, -0.2) is 14.8 Å².